The summed E-state index contributed by atoms with van der Waals surface area (Å²) in [5, 5.41) is 0. The molecule has 0 heterocycles. The van der Waals surface area contributed by atoms with Gasteiger partial charge in [0, 0.05) is 26.4 Å². The molecule has 0 bridgehead atoms. The van der Waals surface area contributed by atoms with Crippen molar-refractivity contribution < 1.29 is 14.3 Å². The first kappa shape index (κ1) is 23.2. The summed E-state index contributed by atoms with van der Waals surface area (Å²) in [5.74, 6) is -0.1000. The second kappa shape index (κ2) is 11.3. The number of amides is 2. The lowest BCUT2D eigenvalue weighted by atomic mass is 10.1. The molecule has 3 aromatic carbocycles. The molecule has 166 valence electrons. The van der Waals surface area contributed by atoms with Gasteiger partial charge in [-0.25, -0.2) is 0 Å². The van der Waals surface area contributed by atoms with Gasteiger partial charge in [0.05, 0.1) is 13.0 Å². The number of hydrogen-bond acceptors (Lipinski definition) is 3. The Morgan fingerprint density at radius 2 is 1.44 bits per heavy atom. The predicted octanol–water partition coefficient (Wildman–Crippen LogP) is 4.38. The molecule has 0 aliphatic heterocycles. The summed E-state index contributed by atoms with van der Waals surface area (Å²) in [5.41, 5.74) is 4.91. The van der Waals surface area contributed by atoms with Gasteiger partial charge in [-0.1, -0.05) is 72.3 Å². The smallest absolute Gasteiger partial charge is 0.253 e. The second-order valence-corrected chi connectivity index (χ2v) is 7.98. The Morgan fingerprint density at radius 3 is 2.12 bits per heavy atom. The van der Waals surface area contributed by atoms with Crippen LogP contribution in [0.25, 0.3) is 0 Å². The van der Waals surface area contributed by atoms with Gasteiger partial charge in [-0.15, -0.1) is 0 Å². The van der Waals surface area contributed by atoms with E-state index >= 15 is 0 Å². The van der Waals surface area contributed by atoms with E-state index in [4.69, 9.17) is 4.74 Å². The number of benzene rings is 3. The number of anilines is 1. The first-order valence-electron chi connectivity index (χ1n) is 10.7. The molecule has 5 nitrogen and oxygen atoms in total. The summed E-state index contributed by atoms with van der Waals surface area (Å²) in [6.07, 6.45) is 0.272. The van der Waals surface area contributed by atoms with Gasteiger partial charge in [-0.2, -0.15) is 0 Å². The van der Waals surface area contributed by atoms with E-state index < -0.39 is 0 Å². The number of hydrogen-bond donors (Lipinski definition) is 0. The Kier molecular flexibility index (Phi) is 8.17. The summed E-state index contributed by atoms with van der Waals surface area (Å²) in [6, 6.07) is 25.6. The minimum absolute atomic E-state index is 0.00513. The summed E-state index contributed by atoms with van der Waals surface area (Å²) in [7, 11) is 3.32. The Morgan fingerprint density at radius 1 is 0.781 bits per heavy atom. The molecule has 0 saturated heterocycles. The highest BCUT2D eigenvalue weighted by molar-refractivity contribution is 5.94. The van der Waals surface area contributed by atoms with E-state index in [1.54, 1.807) is 9.80 Å². The fourth-order valence-electron chi connectivity index (χ4n) is 3.49. The van der Waals surface area contributed by atoms with E-state index in [0.29, 0.717) is 13.1 Å². The average Bonchev–Trinajstić information content (AvgIpc) is 2.79. The zero-order chi connectivity index (χ0) is 22.9. The van der Waals surface area contributed by atoms with Gasteiger partial charge in [0.15, 0.2) is 0 Å². The number of methoxy groups -OCH3 is 1. The normalized spacial score (nSPS) is 10.6. The summed E-state index contributed by atoms with van der Waals surface area (Å²) in [6.45, 7) is 3.03. The summed E-state index contributed by atoms with van der Waals surface area (Å²) >= 11 is 0. The minimum Gasteiger partial charge on any atom is -0.375 e. The van der Waals surface area contributed by atoms with Gasteiger partial charge >= 0.3 is 0 Å². The number of likely N-dealkylation sites (N-methyl/N-ethyl adjacent to an activating group) is 1. The Hall–Kier alpha value is -3.44. The molecular weight excluding hydrogens is 400 g/mol. The van der Waals surface area contributed by atoms with E-state index in [-0.39, 0.29) is 24.8 Å². The van der Waals surface area contributed by atoms with E-state index in [0.717, 1.165) is 22.4 Å². The van der Waals surface area contributed by atoms with Crippen molar-refractivity contribution in [2.24, 2.45) is 0 Å². The SMILES string of the molecule is COCC(=O)N(Cc1ccc(C)cc1)c1cccc(CC(=O)N(C)Cc2ccccc2)c1. The monoisotopic (exact) mass is 430 g/mol. The topological polar surface area (TPSA) is 49.9 Å². The molecule has 0 unspecified atom stereocenters. The van der Waals surface area contributed by atoms with Gasteiger partial charge in [0.25, 0.3) is 5.91 Å². The molecule has 2 amide bonds. The van der Waals surface area contributed by atoms with E-state index in [2.05, 4.69) is 0 Å². The first-order valence-corrected chi connectivity index (χ1v) is 10.7. The largest absolute Gasteiger partial charge is 0.375 e. The van der Waals surface area contributed by atoms with Crippen LogP contribution in [0.3, 0.4) is 0 Å². The first-order chi connectivity index (χ1) is 15.5. The second-order valence-electron chi connectivity index (χ2n) is 7.98. The molecule has 0 aliphatic carbocycles. The van der Waals surface area contributed by atoms with Crippen molar-refractivity contribution in [1.82, 2.24) is 4.90 Å². The molecule has 0 radical (unpaired) electrons. The molecule has 0 fully saturated rings. The van der Waals surface area contributed by atoms with Crippen LogP contribution in [0.2, 0.25) is 0 Å². The van der Waals surface area contributed by atoms with Crippen molar-refractivity contribution in [3.63, 3.8) is 0 Å². The Balaban J connectivity index is 1.75. The molecule has 0 N–H and O–H groups in total. The molecule has 0 atom stereocenters. The van der Waals surface area contributed by atoms with Crippen LogP contribution < -0.4 is 4.90 Å². The van der Waals surface area contributed by atoms with Crippen molar-refractivity contribution in [2.75, 3.05) is 25.7 Å². The number of ether oxygens (including phenoxy) is 1. The maximum absolute atomic E-state index is 12.8. The fourth-order valence-corrected chi connectivity index (χ4v) is 3.49. The molecule has 3 aromatic rings. The van der Waals surface area contributed by atoms with Crippen LogP contribution in [0, 0.1) is 6.92 Å². The van der Waals surface area contributed by atoms with Crippen LogP contribution in [0.15, 0.2) is 78.9 Å². The maximum atomic E-state index is 12.8. The lowest BCUT2D eigenvalue weighted by Gasteiger charge is -2.24. The minimum atomic E-state index is -0.127. The van der Waals surface area contributed by atoms with E-state index in [1.165, 1.54) is 12.7 Å². The number of aryl methyl sites for hydroxylation is 1. The molecule has 0 spiro atoms. The van der Waals surface area contributed by atoms with Crippen LogP contribution in [0.5, 0.6) is 0 Å². The molecular formula is C27H30N2O3. The lowest BCUT2D eigenvalue weighted by Crippen LogP contribution is -2.33. The van der Waals surface area contributed by atoms with Gasteiger partial charge in [-0.3, -0.25) is 9.59 Å². The third-order valence-corrected chi connectivity index (χ3v) is 5.30. The Bertz CT molecular complexity index is 1030. The standard InChI is InChI=1S/C27H30N2O3/c1-21-12-14-23(15-13-21)19-29(27(31)20-32-3)25-11-7-10-24(16-25)17-26(30)28(2)18-22-8-5-4-6-9-22/h4-16H,17-20H2,1-3H3. The van der Waals surface area contributed by atoms with E-state index in [1.807, 2.05) is 92.8 Å². The average molecular weight is 431 g/mol. The highest BCUT2D eigenvalue weighted by atomic mass is 16.5. The zero-order valence-electron chi connectivity index (χ0n) is 19.0. The quantitative estimate of drug-likeness (QED) is 0.506. The number of carbonyl (C=O) groups excluding carboxylic acids is 2. The maximum Gasteiger partial charge on any atom is 0.253 e. The van der Waals surface area contributed by atoms with Gasteiger partial charge in [0.1, 0.15) is 6.61 Å². The van der Waals surface area contributed by atoms with Crippen molar-refractivity contribution in [1.29, 1.82) is 0 Å². The molecule has 32 heavy (non-hydrogen) atoms. The molecule has 3 rings (SSSR count). The van der Waals surface area contributed by atoms with Crippen LogP contribution in [0.4, 0.5) is 5.69 Å². The number of carbonyl (C=O) groups is 2. The zero-order valence-corrected chi connectivity index (χ0v) is 19.0. The number of rotatable bonds is 9. The van der Waals surface area contributed by atoms with Crippen LogP contribution in [0.1, 0.15) is 22.3 Å². The molecule has 5 heteroatoms. The third kappa shape index (κ3) is 6.53. The molecule has 0 aliphatic rings. The summed E-state index contributed by atoms with van der Waals surface area (Å²) < 4.78 is 5.09. The van der Waals surface area contributed by atoms with Crippen molar-refractivity contribution in [3.05, 3.63) is 101 Å². The highest BCUT2D eigenvalue weighted by Crippen LogP contribution is 2.21. The highest BCUT2D eigenvalue weighted by Gasteiger charge is 2.18. The summed E-state index contributed by atoms with van der Waals surface area (Å²) in [4.78, 5) is 29.0. The predicted molar refractivity (Wildman–Crippen MR) is 127 cm³/mol. The lowest BCUT2D eigenvalue weighted by molar-refractivity contribution is -0.129. The van der Waals surface area contributed by atoms with Crippen LogP contribution in [-0.2, 0) is 33.8 Å². The third-order valence-electron chi connectivity index (χ3n) is 5.30. The fraction of sp³-hybridized carbons (Fsp3) is 0.259. The van der Waals surface area contributed by atoms with Gasteiger partial charge in [0.2, 0.25) is 5.91 Å². The number of nitrogens with zero attached hydrogens (tertiary/aromatic N) is 2. The van der Waals surface area contributed by atoms with Crippen LogP contribution >= 0.6 is 0 Å². The van der Waals surface area contributed by atoms with Crippen molar-refractivity contribution in [2.45, 2.75) is 26.4 Å². The van der Waals surface area contributed by atoms with Gasteiger partial charge < -0.3 is 14.5 Å². The molecule has 0 aromatic heterocycles. The Labute approximate surface area is 190 Å². The molecule has 0 saturated carbocycles. The van der Waals surface area contributed by atoms with Gasteiger partial charge in [-0.05, 0) is 35.7 Å². The van der Waals surface area contributed by atoms with Crippen molar-refractivity contribution in [3.8, 4) is 0 Å². The van der Waals surface area contributed by atoms with Crippen molar-refractivity contribution >= 4 is 17.5 Å². The van der Waals surface area contributed by atoms with E-state index in [9.17, 15) is 9.59 Å². The van der Waals surface area contributed by atoms with Crippen LogP contribution in [-0.4, -0.2) is 37.5 Å².